The van der Waals surface area contributed by atoms with E-state index >= 15 is 0 Å². The molecule has 3 nitrogen and oxygen atoms in total. The van der Waals surface area contributed by atoms with Gasteiger partial charge in [0.15, 0.2) is 0 Å². The van der Waals surface area contributed by atoms with Crippen molar-refractivity contribution in [3.8, 4) is 0 Å². The third-order valence-corrected chi connectivity index (χ3v) is 14.3. The minimum absolute atomic E-state index is 0.232. The van der Waals surface area contributed by atoms with Crippen LogP contribution in [0.5, 0.6) is 0 Å². The molecule has 0 bridgehead atoms. The second-order valence-electron chi connectivity index (χ2n) is 15.3. The van der Waals surface area contributed by atoms with Gasteiger partial charge in [-0.15, -0.1) is 0 Å². The van der Waals surface area contributed by atoms with Crippen LogP contribution in [0.3, 0.4) is 0 Å². The topological polar surface area (TPSA) is 32.3 Å². The van der Waals surface area contributed by atoms with Gasteiger partial charge in [0.1, 0.15) is 0 Å². The molecular formula is C34H54N2OS. The maximum Gasteiger partial charge on any atom is 0.0363 e. The molecule has 4 heteroatoms. The minimum atomic E-state index is -0.592. The molecule has 38 heavy (non-hydrogen) atoms. The van der Waals surface area contributed by atoms with Crippen LogP contribution in [-0.4, -0.2) is 52.3 Å². The van der Waals surface area contributed by atoms with E-state index in [0.717, 1.165) is 49.5 Å². The summed E-state index contributed by atoms with van der Waals surface area (Å²) in [7, 11) is -0.592. The lowest BCUT2D eigenvalue weighted by molar-refractivity contribution is -0.105. The Kier molecular flexibility index (Phi) is 7.00. The lowest BCUT2D eigenvalue weighted by Crippen LogP contribution is -2.61. The Balaban J connectivity index is 1.27. The van der Waals surface area contributed by atoms with Crippen molar-refractivity contribution >= 4 is 10.8 Å². The van der Waals surface area contributed by atoms with Crippen molar-refractivity contribution in [2.45, 2.75) is 91.5 Å². The fraction of sp³-hybridized carbons (Fsp3) is 0.824. The molecule has 212 valence electrons. The van der Waals surface area contributed by atoms with Gasteiger partial charge in [-0.05, 0) is 104 Å². The Bertz CT molecular complexity index is 1040. The van der Waals surface area contributed by atoms with Crippen LogP contribution in [0.25, 0.3) is 0 Å². The first-order valence-electron chi connectivity index (χ1n) is 15.9. The summed E-state index contributed by atoms with van der Waals surface area (Å²) in [4.78, 5) is 2.53. The van der Waals surface area contributed by atoms with Gasteiger partial charge in [0.25, 0.3) is 0 Å². The normalized spacial score (nSPS) is 46.4. The number of nitrogens with one attached hydrogen (secondary N) is 1. The van der Waals surface area contributed by atoms with Crippen molar-refractivity contribution in [3.05, 3.63) is 36.0 Å². The van der Waals surface area contributed by atoms with E-state index in [2.05, 4.69) is 69.6 Å². The lowest BCUT2D eigenvalue weighted by Gasteiger charge is -2.66. The summed E-state index contributed by atoms with van der Waals surface area (Å²) < 4.78 is 11.8. The average molecular weight is 539 g/mol. The van der Waals surface area contributed by atoms with Gasteiger partial charge >= 0.3 is 0 Å². The minimum Gasteiger partial charge on any atom is -0.309 e. The van der Waals surface area contributed by atoms with E-state index in [1.807, 2.05) is 5.57 Å². The molecule has 1 N–H and O–H groups in total. The highest BCUT2D eigenvalue weighted by molar-refractivity contribution is 7.85. The van der Waals surface area contributed by atoms with Crippen LogP contribution >= 0.6 is 0 Å². The van der Waals surface area contributed by atoms with E-state index in [0.29, 0.717) is 34.0 Å². The molecule has 8 atom stereocenters. The largest absolute Gasteiger partial charge is 0.309 e. The summed E-state index contributed by atoms with van der Waals surface area (Å²) in [6.45, 7) is 21.4. The molecule has 1 heterocycles. The first-order valence-corrected chi connectivity index (χ1v) is 17.3. The molecular weight excluding hydrogens is 484 g/mol. The molecule has 0 aromatic carbocycles. The molecule has 1 aliphatic heterocycles. The summed E-state index contributed by atoms with van der Waals surface area (Å²) in [5.41, 5.74) is 4.61. The summed E-state index contributed by atoms with van der Waals surface area (Å²) in [5, 5.41) is 4.21. The van der Waals surface area contributed by atoms with Crippen molar-refractivity contribution in [1.29, 1.82) is 0 Å². The number of hydrogen-bond acceptors (Lipinski definition) is 3. The van der Waals surface area contributed by atoms with Crippen molar-refractivity contribution in [2.24, 2.45) is 45.8 Å². The van der Waals surface area contributed by atoms with Crippen LogP contribution in [0.1, 0.15) is 86.0 Å². The zero-order valence-corrected chi connectivity index (χ0v) is 25.8. The molecule has 6 aliphatic rings. The molecule has 0 amide bonds. The summed E-state index contributed by atoms with van der Waals surface area (Å²) >= 11 is 0. The Labute approximate surface area is 235 Å². The monoisotopic (exact) mass is 538 g/mol. The van der Waals surface area contributed by atoms with Crippen LogP contribution < -0.4 is 5.32 Å². The average Bonchev–Trinajstić information content (AvgIpc) is 3.25. The van der Waals surface area contributed by atoms with Gasteiger partial charge in [-0.1, -0.05) is 63.6 Å². The smallest absolute Gasteiger partial charge is 0.0363 e. The maximum atomic E-state index is 11.8. The van der Waals surface area contributed by atoms with E-state index in [4.69, 9.17) is 0 Å². The molecule has 5 aliphatic carbocycles. The van der Waals surface area contributed by atoms with Gasteiger partial charge in [0.2, 0.25) is 0 Å². The Hall–Kier alpha value is -0.710. The highest BCUT2D eigenvalue weighted by atomic mass is 32.2. The molecule has 0 spiro atoms. The molecule has 0 radical (unpaired) electrons. The Morgan fingerprint density at radius 1 is 1.05 bits per heavy atom. The van der Waals surface area contributed by atoms with Crippen molar-refractivity contribution in [1.82, 2.24) is 10.2 Å². The SMILES string of the molecule is C=C(C)[C@@H]1CC[C@]2(NCCN3CCS(=O)CC3)CC=C3[C@H](CC[C@@H]4[C@@]5(C)CC=CC(C)(C)[C@@H]5CC[C@@]34C)[C@@H]12. The van der Waals surface area contributed by atoms with E-state index in [1.54, 1.807) is 0 Å². The molecule has 0 aromatic rings. The lowest BCUT2D eigenvalue weighted by atomic mass is 9.39. The molecule has 1 saturated heterocycles. The van der Waals surface area contributed by atoms with Crippen LogP contribution in [0.15, 0.2) is 36.0 Å². The number of fused-ring (bicyclic) bond motifs is 7. The Morgan fingerprint density at radius 3 is 2.55 bits per heavy atom. The number of allylic oxidation sites excluding steroid dienone is 4. The number of hydrogen-bond donors (Lipinski definition) is 1. The zero-order chi connectivity index (χ0) is 26.9. The van der Waals surface area contributed by atoms with Gasteiger partial charge in [0.05, 0.1) is 0 Å². The van der Waals surface area contributed by atoms with Gasteiger partial charge in [-0.25, -0.2) is 0 Å². The highest BCUT2D eigenvalue weighted by Gasteiger charge is 2.63. The van der Waals surface area contributed by atoms with Crippen LogP contribution in [-0.2, 0) is 10.8 Å². The quantitative estimate of drug-likeness (QED) is 0.393. The first kappa shape index (κ1) is 27.5. The summed E-state index contributed by atoms with van der Waals surface area (Å²) in [6.07, 6.45) is 18.4. The predicted molar refractivity (Wildman–Crippen MR) is 161 cm³/mol. The van der Waals surface area contributed by atoms with Crippen LogP contribution in [0.4, 0.5) is 0 Å². The van der Waals surface area contributed by atoms with E-state index < -0.39 is 10.8 Å². The van der Waals surface area contributed by atoms with Crippen molar-refractivity contribution in [3.63, 3.8) is 0 Å². The molecule has 0 aromatic heterocycles. The van der Waals surface area contributed by atoms with Gasteiger partial charge < -0.3 is 10.2 Å². The molecule has 6 rings (SSSR count). The number of nitrogens with zero attached hydrogens (tertiary/aromatic N) is 1. The Morgan fingerprint density at radius 2 is 1.82 bits per heavy atom. The van der Waals surface area contributed by atoms with Crippen molar-refractivity contribution < 1.29 is 4.21 Å². The van der Waals surface area contributed by atoms with Crippen LogP contribution in [0, 0.1) is 45.8 Å². The molecule has 0 unspecified atom stereocenters. The second-order valence-corrected chi connectivity index (χ2v) is 17.0. The van der Waals surface area contributed by atoms with E-state index in [-0.39, 0.29) is 5.54 Å². The third kappa shape index (κ3) is 4.21. The number of rotatable bonds is 5. The fourth-order valence-electron chi connectivity index (χ4n) is 11.4. The molecule has 3 saturated carbocycles. The van der Waals surface area contributed by atoms with Gasteiger partial charge in [-0.3, -0.25) is 4.21 Å². The van der Waals surface area contributed by atoms with E-state index in [9.17, 15) is 4.21 Å². The fourth-order valence-corrected chi connectivity index (χ4v) is 12.5. The van der Waals surface area contributed by atoms with E-state index in [1.165, 1.54) is 56.9 Å². The summed E-state index contributed by atoms with van der Waals surface area (Å²) in [5.74, 6) is 5.37. The standard InChI is InChI=1S/C34H54N2OS/c1-24(2)25-10-16-34(35-18-19-36-20-22-38(37)23-21-36)17-11-27-26(30(25)34)8-9-29-32(27,5)15-12-28-31(3,4)13-7-14-33(28,29)6/h7,11,13,25-26,28-30,35H,1,8-10,12,14-23H2,2-6H3/t25-,26-,28-,29-,30+,32-,33-,34-/m0/s1. The first-order chi connectivity index (χ1) is 18.0. The zero-order valence-electron chi connectivity index (χ0n) is 25.0. The van der Waals surface area contributed by atoms with Gasteiger partial charge in [0, 0.05) is 54.0 Å². The highest BCUT2D eigenvalue weighted by Crippen LogP contribution is 2.70. The van der Waals surface area contributed by atoms with Crippen LogP contribution in [0.2, 0.25) is 0 Å². The second kappa shape index (κ2) is 9.69. The predicted octanol–water partition coefficient (Wildman–Crippen LogP) is 6.75. The molecule has 4 fully saturated rings. The third-order valence-electron chi connectivity index (χ3n) is 13.0. The maximum absolute atomic E-state index is 11.8. The summed E-state index contributed by atoms with van der Waals surface area (Å²) in [6, 6.07) is 0. The van der Waals surface area contributed by atoms with Gasteiger partial charge in [-0.2, -0.15) is 0 Å². The van der Waals surface area contributed by atoms with Crippen molar-refractivity contribution in [2.75, 3.05) is 37.7 Å².